The molecule has 0 bridgehead atoms. The number of hydrogen-bond donors (Lipinski definition) is 8. The number of carbonyl (C=O) groups excluding carboxylic acids is 1. The number of aromatic amines is 1. The lowest BCUT2D eigenvalue weighted by atomic mass is 10.1. The molecule has 0 unspecified atom stereocenters. The summed E-state index contributed by atoms with van der Waals surface area (Å²) in [6.07, 6.45) is 6.25. The minimum absolute atomic E-state index is 0.0260. The Morgan fingerprint density at radius 3 is 2.50 bits per heavy atom. The lowest BCUT2D eigenvalue weighted by molar-refractivity contribution is 0.126. The molecule has 12 heteroatoms. The Morgan fingerprint density at radius 2 is 1.74 bits per heavy atom. The van der Waals surface area contributed by atoms with Gasteiger partial charge in [0, 0.05) is 25.3 Å². The second kappa shape index (κ2) is 17.2. The quantitative estimate of drug-likeness (QED) is 0.0983. The van der Waals surface area contributed by atoms with Crippen molar-refractivity contribution in [2.75, 3.05) is 31.6 Å². The first-order chi connectivity index (χ1) is 20.3. The average molecular weight is 586 g/mol. The number of anilines is 1. The van der Waals surface area contributed by atoms with Crippen LogP contribution >= 0.6 is 0 Å². The van der Waals surface area contributed by atoms with E-state index in [1.165, 1.54) is 6.07 Å². The van der Waals surface area contributed by atoms with Crippen LogP contribution in [0, 0.1) is 0 Å². The number of carbonyl (C=O) groups is 1. The molecule has 3 rings (SSSR count). The number of unbranched alkanes of at least 4 members (excludes halogenated alkanes) is 4. The third-order valence-corrected chi connectivity index (χ3v) is 6.93. The molecule has 3 aromatic rings. The van der Waals surface area contributed by atoms with Crippen LogP contribution in [0.15, 0.2) is 47.3 Å². The number of amides is 2. The van der Waals surface area contributed by atoms with Gasteiger partial charge in [0.05, 0.1) is 19.3 Å². The molecule has 0 aliphatic carbocycles. The van der Waals surface area contributed by atoms with Crippen LogP contribution in [-0.2, 0) is 24.3 Å². The highest BCUT2D eigenvalue weighted by atomic mass is 16.5. The van der Waals surface area contributed by atoms with Gasteiger partial charge in [0.15, 0.2) is 5.82 Å². The number of imidazole rings is 1. The molecule has 2 aromatic carbocycles. The standard InChI is InChI=1S/C30H43N5O7/c31-29(40)33-27-28(39)35(30(41)34-27)19-22-10-7-9-21(16-22)8-3-6-15-42-14-5-2-1-4-13-32-18-26(38)23-11-12-25(37)24(17-23)20-36/h7,9-12,16-17,26,32,36-39H,1-6,8,13-15,18-20H2,(H,34,41)(H3,31,33,40)/t26-/m0/s1. The normalized spacial score (nSPS) is 12.0. The van der Waals surface area contributed by atoms with Crippen LogP contribution < -0.4 is 22.1 Å². The molecule has 42 heavy (non-hydrogen) atoms. The fraction of sp³-hybridized carbons (Fsp3) is 0.467. The van der Waals surface area contributed by atoms with Crippen molar-refractivity contribution >= 4 is 11.8 Å². The first-order valence-corrected chi connectivity index (χ1v) is 14.3. The zero-order valence-electron chi connectivity index (χ0n) is 23.8. The number of H-pyrrole nitrogens is 1. The van der Waals surface area contributed by atoms with Crippen LogP contribution in [0.3, 0.4) is 0 Å². The largest absolute Gasteiger partial charge is 0.508 e. The van der Waals surface area contributed by atoms with Gasteiger partial charge in [-0.05, 0) is 67.5 Å². The van der Waals surface area contributed by atoms with E-state index >= 15 is 0 Å². The number of urea groups is 1. The molecule has 0 aliphatic rings. The molecule has 2 amide bonds. The number of ether oxygens (including phenoxy) is 1. The molecular weight excluding hydrogens is 542 g/mol. The van der Waals surface area contributed by atoms with Gasteiger partial charge < -0.3 is 36.2 Å². The van der Waals surface area contributed by atoms with Crippen LogP contribution in [0.25, 0.3) is 0 Å². The Bertz CT molecular complexity index is 1320. The van der Waals surface area contributed by atoms with Crippen molar-refractivity contribution in [1.29, 1.82) is 0 Å². The molecule has 1 aromatic heterocycles. The van der Waals surface area contributed by atoms with Gasteiger partial charge >= 0.3 is 11.7 Å². The summed E-state index contributed by atoms with van der Waals surface area (Å²) < 4.78 is 6.91. The monoisotopic (exact) mass is 585 g/mol. The first kappa shape index (κ1) is 32.7. The first-order valence-electron chi connectivity index (χ1n) is 14.3. The summed E-state index contributed by atoms with van der Waals surface area (Å²) in [4.78, 5) is 25.5. The third kappa shape index (κ3) is 10.5. The predicted molar refractivity (Wildman–Crippen MR) is 160 cm³/mol. The van der Waals surface area contributed by atoms with Crippen LogP contribution in [0.4, 0.5) is 10.6 Å². The van der Waals surface area contributed by atoms with E-state index in [1.54, 1.807) is 12.1 Å². The van der Waals surface area contributed by atoms with Crippen LogP contribution in [0.1, 0.15) is 66.9 Å². The SMILES string of the molecule is NC(=O)Nc1[nH]c(=O)n(Cc2cccc(CCCCOCCCCCCNC[C@H](O)c3ccc(O)c(CO)c3)c2)c1O. The van der Waals surface area contributed by atoms with Gasteiger partial charge in [0.1, 0.15) is 5.75 Å². The Kier molecular flexibility index (Phi) is 13.4. The number of aryl methyl sites for hydroxylation is 1. The Labute approximate surface area is 245 Å². The van der Waals surface area contributed by atoms with E-state index in [2.05, 4.69) is 15.6 Å². The van der Waals surface area contributed by atoms with E-state index in [9.17, 15) is 30.0 Å². The lowest BCUT2D eigenvalue weighted by Gasteiger charge is -2.14. The van der Waals surface area contributed by atoms with E-state index in [-0.39, 0.29) is 30.6 Å². The van der Waals surface area contributed by atoms with Gasteiger partial charge in [-0.25, -0.2) is 9.59 Å². The number of nitrogens with one attached hydrogen (secondary N) is 3. The van der Waals surface area contributed by atoms with Gasteiger partial charge in [-0.3, -0.25) is 14.9 Å². The molecule has 0 saturated heterocycles. The van der Waals surface area contributed by atoms with Crippen molar-refractivity contribution in [2.24, 2.45) is 5.73 Å². The average Bonchev–Trinajstić information content (AvgIpc) is 3.22. The number of aromatic nitrogens is 2. The predicted octanol–water partition coefficient (Wildman–Crippen LogP) is 2.84. The Balaban J connectivity index is 1.21. The highest BCUT2D eigenvalue weighted by Gasteiger charge is 2.15. The summed E-state index contributed by atoms with van der Waals surface area (Å²) in [5.74, 6) is -0.477. The van der Waals surface area contributed by atoms with Crippen LogP contribution in [0.5, 0.6) is 11.6 Å². The number of phenols is 1. The number of benzene rings is 2. The van der Waals surface area contributed by atoms with Crippen molar-refractivity contribution < 1.29 is 30.0 Å². The number of aliphatic hydroxyl groups is 2. The van der Waals surface area contributed by atoms with Gasteiger partial charge in [0.25, 0.3) is 0 Å². The highest BCUT2D eigenvalue weighted by molar-refractivity contribution is 5.87. The zero-order chi connectivity index (χ0) is 30.3. The van der Waals surface area contributed by atoms with Crippen molar-refractivity contribution in [3.05, 3.63) is 75.2 Å². The van der Waals surface area contributed by atoms with Crippen molar-refractivity contribution in [2.45, 2.75) is 64.2 Å². The smallest absolute Gasteiger partial charge is 0.330 e. The minimum atomic E-state index is -0.880. The molecule has 0 saturated carbocycles. The maximum atomic E-state index is 12.1. The molecule has 12 nitrogen and oxygen atoms in total. The summed E-state index contributed by atoms with van der Waals surface area (Å²) in [7, 11) is 0. The topological polar surface area (TPSA) is 195 Å². The molecule has 1 heterocycles. The van der Waals surface area contributed by atoms with E-state index in [1.807, 2.05) is 24.3 Å². The second-order valence-electron chi connectivity index (χ2n) is 10.3. The van der Waals surface area contributed by atoms with Crippen LogP contribution in [-0.4, -0.2) is 62.3 Å². The number of rotatable bonds is 19. The maximum Gasteiger partial charge on any atom is 0.330 e. The fourth-order valence-corrected chi connectivity index (χ4v) is 4.62. The number of nitrogens with zero attached hydrogens (tertiary/aromatic N) is 1. The molecule has 0 aliphatic heterocycles. The van der Waals surface area contributed by atoms with Gasteiger partial charge in [-0.15, -0.1) is 0 Å². The van der Waals surface area contributed by atoms with Gasteiger partial charge in [-0.2, -0.15) is 0 Å². The molecule has 0 spiro atoms. The molecule has 230 valence electrons. The Hall–Kier alpha value is -3.84. The van der Waals surface area contributed by atoms with Crippen LogP contribution in [0.2, 0.25) is 0 Å². The fourth-order valence-electron chi connectivity index (χ4n) is 4.62. The van der Waals surface area contributed by atoms with Crippen molar-refractivity contribution in [3.8, 4) is 11.6 Å². The lowest BCUT2D eigenvalue weighted by Crippen LogP contribution is -2.22. The van der Waals surface area contributed by atoms with Gasteiger partial charge in [0.2, 0.25) is 5.88 Å². The molecule has 0 radical (unpaired) electrons. The van der Waals surface area contributed by atoms with E-state index in [0.717, 1.165) is 73.8 Å². The molecule has 9 N–H and O–H groups in total. The van der Waals surface area contributed by atoms with Crippen molar-refractivity contribution in [3.63, 3.8) is 0 Å². The summed E-state index contributed by atoms with van der Waals surface area (Å²) in [6, 6.07) is 11.7. The molecule has 0 fully saturated rings. The van der Waals surface area contributed by atoms with E-state index < -0.39 is 17.8 Å². The highest BCUT2D eigenvalue weighted by Crippen LogP contribution is 2.22. The minimum Gasteiger partial charge on any atom is -0.508 e. The molecule has 1 atom stereocenters. The van der Waals surface area contributed by atoms with Gasteiger partial charge in [-0.1, -0.05) is 43.2 Å². The number of hydrogen-bond acceptors (Lipinski definition) is 8. The van der Waals surface area contributed by atoms with E-state index in [4.69, 9.17) is 10.5 Å². The number of nitrogens with two attached hydrogens (primary N) is 1. The molecular formula is C30H43N5O7. The maximum absolute atomic E-state index is 12.1. The zero-order valence-corrected chi connectivity index (χ0v) is 23.8. The Morgan fingerprint density at radius 1 is 1.00 bits per heavy atom. The number of primary amides is 1. The van der Waals surface area contributed by atoms with E-state index in [0.29, 0.717) is 24.3 Å². The summed E-state index contributed by atoms with van der Waals surface area (Å²) in [5.41, 5.74) is 7.56. The summed E-state index contributed by atoms with van der Waals surface area (Å²) in [5, 5.41) is 44.8. The third-order valence-electron chi connectivity index (χ3n) is 6.93. The number of aliphatic hydroxyl groups excluding tert-OH is 2. The summed E-state index contributed by atoms with van der Waals surface area (Å²) in [6.45, 7) is 2.54. The second-order valence-corrected chi connectivity index (χ2v) is 10.3. The summed E-state index contributed by atoms with van der Waals surface area (Å²) >= 11 is 0. The van der Waals surface area contributed by atoms with Crippen molar-refractivity contribution in [1.82, 2.24) is 14.9 Å². The number of aromatic hydroxyl groups is 2.